The van der Waals surface area contributed by atoms with E-state index in [2.05, 4.69) is 46.6 Å². The smallest absolute Gasteiger partial charge is 0.251 e. The third-order valence-electron chi connectivity index (χ3n) is 6.32. The Hall–Kier alpha value is -2.48. The summed E-state index contributed by atoms with van der Waals surface area (Å²) in [6, 6.07) is 13.6. The third kappa shape index (κ3) is 5.05. The first kappa shape index (κ1) is 23.7. The summed E-state index contributed by atoms with van der Waals surface area (Å²) in [6.45, 7) is 5.74. The number of benzene rings is 2. The number of hydrogen-bond acceptors (Lipinski definition) is 5. The number of anilines is 1. The zero-order chi connectivity index (χ0) is 23.5. The van der Waals surface area contributed by atoms with Crippen molar-refractivity contribution in [3.8, 4) is 0 Å². The van der Waals surface area contributed by atoms with Gasteiger partial charge in [0.25, 0.3) is 5.91 Å². The van der Waals surface area contributed by atoms with Gasteiger partial charge in [-0.3, -0.25) is 4.79 Å². The molecule has 33 heavy (non-hydrogen) atoms. The average molecular weight is 467 g/mol. The van der Waals surface area contributed by atoms with Crippen molar-refractivity contribution in [1.29, 1.82) is 0 Å². The topological polar surface area (TPSA) is 69.5 Å². The summed E-state index contributed by atoms with van der Waals surface area (Å²) < 4.78 is 4.50. The van der Waals surface area contributed by atoms with Gasteiger partial charge < -0.3 is 24.6 Å². The molecule has 7 heteroatoms. The van der Waals surface area contributed by atoms with Crippen LogP contribution in [0.5, 0.6) is 0 Å². The van der Waals surface area contributed by atoms with Gasteiger partial charge in [-0.1, -0.05) is 44.2 Å². The number of likely N-dealkylation sites (N-methyl/N-ethyl adjacent to an activating group) is 1. The fourth-order valence-electron chi connectivity index (χ4n) is 4.55. The van der Waals surface area contributed by atoms with Crippen molar-refractivity contribution in [3.63, 3.8) is 0 Å². The summed E-state index contributed by atoms with van der Waals surface area (Å²) in [5.74, 6) is 1.19. The van der Waals surface area contributed by atoms with E-state index < -0.39 is 12.1 Å². The minimum absolute atomic E-state index is 0.158. The fourth-order valence-corrected chi connectivity index (χ4v) is 5.38. The van der Waals surface area contributed by atoms with E-state index in [-0.39, 0.29) is 5.91 Å². The molecule has 0 saturated carbocycles. The van der Waals surface area contributed by atoms with E-state index in [1.807, 2.05) is 42.5 Å². The van der Waals surface area contributed by atoms with Crippen LogP contribution < -0.4 is 14.9 Å². The Bertz CT molecular complexity index is 1110. The number of aromatic nitrogens is 1. The number of hydrogen-bond donors (Lipinski definition) is 3. The van der Waals surface area contributed by atoms with Crippen molar-refractivity contribution in [2.45, 2.75) is 44.9 Å². The van der Waals surface area contributed by atoms with Crippen molar-refractivity contribution < 1.29 is 9.90 Å². The molecular formula is C26H34N4O2S. The standard InChI is InChI=1S/C26H34N4O2S/c1-17(2)21-16-30-10-11-33-29(4)23-14-19(13-20(21)25(23)30)26(32)28-22(24(31)15-27-3)12-18-8-6-5-7-9-18/h5-9,13-14,16-17,22,24,27,31H,10-12,15H2,1-4H3,(H,28,32)/t22-,24+/m0/s1. The molecule has 1 aromatic heterocycles. The SMILES string of the molecule is CNC[C@@H](O)[C@H](Cc1ccccc1)NC(=O)c1cc2c3c(c1)c(C(C)C)cn3CCSN2C. The molecule has 4 rings (SSSR count). The van der Waals surface area contributed by atoms with Gasteiger partial charge in [0.2, 0.25) is 0 Å². The lowest BCUT2D eigenvalue weighted by Gasteiger charge is -2.25. The van der Waals surface area contributed by atoms with Gasteiger partial charge in [-0.05, 0) is 54.6 Å². The number of aliphatic hydroxyl groups excluding tert-OH is 1. The molecule has 2 aromatic carbocycles. The highest BCUT2D eigenvalue weighted by molar-refractivity contribution is 8.00. The molecule has 0 bridgehead atoms. The summed E-state index contributed by atoms with van der Waals surface area (Å²) in [4.78, 5) is 13.5. The van der Waals surface area contributed by atoms with Gasteiger partial charge in [0.1, 0.15) is 0 Å². The number of rotatable bonds is 8. The largest absolute Gasteiger partial charge is 0.390 e. The Morgan fingerprint density at radius 1 is 1.21 bits per heavy atom. The molecule has 3 N–H and O–H groups in total. The van der Waals surface area contributed by atoms with Crippen LogP contribution in [-0.4, -0.2) is 54.1 Å². The molecule has 0 fully saturated rings. The molecule has 1 amide bonds. The van der Waals surface area contributed by atoms with Crippen LogP contribution in [0.25, 0.3) is 10.9 Å². The van der Waals surface area contributed by atoms with Crippen LogP contribution in [0, 0.1) is 0 Å². The first-order valence-electron chi connectivity index (χ1n) is 11.6. The van der Waals surface area contributed by atoms with Gasteiger partial charge in [0.05, 0.1) is 23.3 Å². The maximum absolute atomic E-state index is 13.5. The maximum atomic E-state index is 13.5. The lowest BCUT2D eigenvalue weighted by molar-refractivity contribution is 0.0834. The molecule has 1 aliphatic heterocycles. The highest BCUT2D eigenvalue weighted by Gasteiger charge is 2.25. The molecule has 0 saturated heterocycles. The molecule has 2 heterocycles. The molecule has 3 aromatic rings. The zero-order valence-corrected chi connectivity index (χ0v) is 20.7. The van der Waals surface area contributed by atoms with Gasteiger partial charge in [-0.15, -0.1) is 0 Å². The van der Waals surface area contributed by atoms with Gasteiger partial charge >= 0.3 is 0 Å². The Balaban J connectivity index is 1.70. The second-order valence-corrected chi connectivity index (χ2v) is 10.3. The molecule has 2 atom stereocenters. The number of nitrogens with one attached hydrogen (secondary N) is 2. The van der Waals surface area contributed by atoms with Crippen molar-refractivity contribution in [1.82, 2.24) is 15.2 Å². The third-order valence-corrected chi connectivity index (χ3v) is 7.27. The zero-order valence-electron chi connectivity index (χ0n) is 19.8. The molecular weight excluding hydrogens is 432 g/mol. The van der Waals surface area contributed by atoms with E-state index in [0.717, 1.165) is 28.9 Å². The second-order valence-electron chi connectivity index (χ2n) is 9.05. The molecule has 0 radical (unpaired) electrons. The van der Waals surface area contributed by atoms with Crippen LogP contribution in [0.4, 0.5) is 5.69 Å². The van der Waals surface area contributed by atoms with Crippen LogP contribution in [0.1, 0.15) is 41.3 Å². The van der Waals surface area contributed by atoms with E-state index >= 15 is 0 Å². The van der Waals surface area contributed by atoms with E-state index in [0.29, 0.717) is 24.4 Å². The first-order valence-corrected chi connectivity index (χ1v) is 12.5. The number of carbonyl (C=O) groups excluding carboxylic acids is 1. The van der Waals surface area contributed by atoms with Crippen molar-refractivity contribution in [2.24, 2.45) is 0 Å². The summed E-state index contributed by atoms with van der Waals surface area (Å²) >= 11 is 1.77. The summed E-state index contributed by atoms with van der Waals surface area (Å²) in [6.07, 6.45) is 2.11. The quantitative estimate of drug-likeness (QED) is 0.441. The van der Waals surface area contributed by atoms with Gasteiger partial charge in [0, 0.05) is 43.0 Å². The van der Waals surface area contributed by atoms with Gasteiger partial charge in [0.15, 0.2) is 0 Å². The minimum Gasteiger partial charge on any atom is -0.390 e. The van der Waals surface area contributed by atoms with Crippen LogP contribution in [-0.2, 0) is 13.0 Å². The van der Waals surface area contributed by atoms with Crippen LogP contribution in [0.3, 0.4) is 0 Å². The number of nitrogens with zero attached hydrogens (tertiary/aromatic N) is 2. The molecule has 0 unspecified atom stereocenters. The Kier molecular flexibility index (Phi) is 7.32. The first-order chi connectivity index (χ1) is 15.9. The maximum Gasteiger partial charge on any atom is 0.251 e. The highest BCUT2D eigenvalue weighted by Crippen LogP contribution is 2.39. The predicted octanol–water partition coefficient (Wildman–Crippen LogP) is 3.78. The summed E-state index contributed by atoms with van der Waals surface area (Å²) in [5, 5.41) is 18.0. The lowest BCUT2D eigenvalue weighted by Crippen LogP contribution is -2.48. The minimum atomic E-state index is -0.699. The highest BCUT2D eigenvalue weighted by atomic mass is 32.2. The second kappa shape index (κ2) is 10.2. The lowest BCUT2D eigenvalue weighted by atomic mass is 9.98. The molecule has 176 valence electrons. The number of aliphatic hydroxyl groups is 1. The number of amides is 1. The van der Waals surface area contributed by atoms with Crippen LogP contribution in [0.2, 0.25) is 0 Å². The number of aryl methyl sites for hydroxylation is 1. The van der Waals surface area contributed by atoms with Crippen molar-refractivity contribution >= 4 is 34.4 Å². The Morgan fingerprint density at radius 2 is 1.97 bits per heavy atom. The Labute approximate surface area is 200 Å². The van der Waals surface area contributed by atoms with Gasteiger partial charge in [-0.2, -0.15) is 0 Å². The Morgan fingerprint density at radius 3 is 2.67 bits per heavy atom. The summed E-state index contributed by atoms with van der Waals surface area (Å²) in [7, 11) is 3.87. The predicted molar refractivity (Wildman–Crippen MR) is 138 cm³/mol. The van der Waals surface area contributed by atoms with Crippen LogP contribution in [0.15, 0.2) is 48.7 Å². The fraction of sp³-hybridized carbons (Fsp3) is 0.423. The van der Waals surface area contributed by atoms with Gasteiger partial charge in [-0.25, -0.2) is 0 Å². The van der Waals surface area contributed by atoms with E-state index in [1.54, 1.807) is 19.0 Å². The van der Waals surface area contributed by atoms with Crippen molar-refractivity contribution in [3.05, 3.63) is 65.4 Å². The monoisotopic (exact) mass is 466 g/mol. The molecule has 0 aliphatic carbocycles. The normalized spacial score (nSPS) is 15.5. The van der Waals surface area contributed by atoms with Crippen molar-refractivity contribution in [2.75, 3.05) is 30.7 Å². The molecule has 1 aliphatic rings. The average Bonchev–Trinajstić information content (AvgIpc) is 3.09. The number of carbonyl (C=O) groups is 1. The van der Waals surface area contributed by atoms with E-state index in [1.165, 1.54) is 11.1 Å². The van der Waals surface area contributed by atoms with Crippen LogP contribution >= 0.6 is 11.9 Å². The molecule has 6 nitrogen and oxygen atoms in total. The molecule has 0 spiro atoms. The summed E-state index contributed by atoms with van der Waals surface area (Å²) in [5.41, 5.74) is 5.22. The van der Waals surface area contributed by atoms with E-state index in [4.69, 9.17) is 0 Å². The van der Waals surface area contributed by atoms with E-state index in [9.17, 15) is 9.90 Å².